The number of rotatable bonds is 7. The summed E-state index contributed by atoms with van der Waals surface area (Å²) in [6.07, 6.45) is 1.04. The van der Waals surface area contributed by atoms with Crippen LogP contribution in [0.2, 0.25) is 0 Å². The molecule has 0 aliphatic carbocycles. The first kappa shape index (κ1) is 14.0. The van der Waals surface area contributed by atoms with E-state index in [4.69, 9.17) is 9.47 Å². The number of ether oxygens (including phenoxy) is 2. The summed E-state index contributed by atoms with van der Waals surface area (Å²) in [6, 6.07) is 8.55. The third-order valence-corrected chi connectivity index (χ3v) is 3.11. The minimum Gasteiger partial charge on any atom is -0.497 e. The summed E-state index contributed by atoms with van der Waals surface area (Å²) in [6.45, 7) is 3.03. The molecule has 17 heavy (non-hydrogen) atoms. The van der Waals surface area contributed by atoms with Crippen LogP contribution in [0.5, 0.6) is 5.75 Å². The van der Waals surface area contributed by atoms with Crippen LogP contribution in [0.4, 0.5) is 0 Å². The second kappa shape index (κ2) is 7.30. The second-order valence-corrected chi connectivity index (χ2v) is 4.30. The zero-order chi connectivity index (χ0) is 12.7. The lowest BCUT2D eigenvalue weighted by molar-refractivity contribution is 0.171. The Morgan fingerprint density at radius 1 is 1.29 bits per heavy atom. The molecule has 0 aromatic heterocycles. The number of hydrogen-bond donors (Lipinski definition) is 1. The van der Waals surface area contributed by atoms with Crippen molar-refractivity contribution in [3.8, 4) is 5.75 Å². The van der Waals surface area contributed by atoms with Gasteiger partial charge in [-0.25, -0.2) is 0 Å². The van der Waals surface area contributed by atoms with Gasteiger partial charge in [0.25, 0.3) is 0 Å². The predicted molar refractivity (Wildman–Crippen MR) is 70.5 cm³/mol. The van der Waals surface area contributed by atoms with Crippen molar-refractivity contribution in [3.63, 3.8) is 0 Å². The largest absolute Gasteiger partial charge is 0.497 e. The van der Waals surface area contributed by atoms with E-state index in [-0.39, 0.29) is 0 Å². The molecule has 0 bridgehead atoms. The minimum atomic E-state index is 0.334. The molecule has 96 valence electrons. The highest BCUT2D eigenvalue weighted by atomic mass is 16.5. The van der Waals surface area contributed by atoms with E-state index in [1.807, 2.05) is 19.2 Å². The highest BCUT2D eigenvalue weighted by Gasteiger charge is 2.17. The molecule has 1 rings (SSSR count). The monoisotopic (exact) mass is 237 g/mol. The maximum Gasteiger partial charge on any atom is 0.119 e. The molecule has 0 heterocycles. The van der Waals surface area contributed by atoms with Gasteiger partial charge in [0.15, 0.2) is 0 Å². The molecule has 0 fully saturated rings. The molecule has 0 aliphatic heterocycles. The maximum absolute atomic E-state index is 5.26. The Morgan fingerprint density at radius 2 is 2.06 bits per heavy atom. The van der Waals surface area contributed by atoms with Gasteiger partial charge in [-0.2, -0.15) is 0 Å². The fourth-order valence-corrected chi connectivity index (χ4v) is 2.09. The predicted octanol–water partition coefficient (Wildman–Crippen LogP) is 2.63. The first-order valence-electron chi connectivity index (χ1n) is 6.03. The van der Waals surface area contributed by atoms with Crippen molar-refractivity contribution in [2.24, 2.45) is 5.92 Å². The van der Waals surface area contributed by atoms with Crippen LogP contribution in [-0.2, 0) is 4.74 Å². The smallest absolute Gasteiger partial charge is 0.119 e. The summed E-state index contributed by atoms with van der Waals surface area (Å²) in [5.41, 5.74) is 1.26. The van der Waals surface area contributed by atoms with Crippen LogP contribution in [0.25, 0.3) is 0 Å². The average Bonchev–Trinajstić information content (AvgIpc) is 2.37. The summed E-state index contributed by atoms with van der Waals surface area (Å²) < 4.78 is 10.4. The fraction of sp³-hybridized carbons (Fsp3) is 0.571. The highest BCUT2D eigenvalue weighted by molar-refractivity contribution is 5.30. The molecule has 0 saturated heterocycles. The number of benzene rings is 1. The Kier molecular flexibility index (Phi) is 6.01. The zero-order valence-electron chi connectivity index (χ0n) is 11.2. The lowest BCUT2D eigenvalue weighted by Crippen LogP contribution is -2.24. The summed E-state index contributed by atoms with van der Waals surface area (Å²) in [7, 11) is 5.43. The van der Waals surface area contributed by atoms with E-state index >= 15 is 0 Å². The van der Waals surface area contributed by atoms with Crippen LogP contribution in [0.15, 0.2) is 24.3 Å². The van der Waals surface area contributed by atoms with Crippen molar-refractivity contribution in [1.29, 1.82) is 0 Å². The van der Waals surface area contributed by atoms with Crippen LogP contribution in [0, 0.1) is 5.92 Å². The van der Waals surface area contributed by atoms with Crippen LogP contribution in [-0.4, -0.2) is 27.9 Å². The maximum atomic E-state index is 5.26. The third kappa shape index (κ3) is 4.02. The molecule has 0 radical (unpaired) electrons. The lowest BCUT2D eigenvalue weighted by atomic mass is 9.92. The molecule has 0 spiro atoms. The number of hydrogen-bond acceptors (Lipinski definition) is 3. The first-order valence-corrected chi connectivity index (χ1v) is 6.03. The quantitative estimate of drug-likeness (QED) is 0.790. The molecule has 2 unspecified atom stereocenters. The van der Waals surface area contributed by atoms with Gasteiger partial charge in [0.05, 0.1) is 7.11 Å². The second-order valence-electron chi connectivity index (χ2n) is 4.30. The van der Waals surface area contributed by atoms with Crippen molar-refractivity contribution in [3.05, 3.63) is 29.8 Å². The Labute approximate surface area is 104 Å². The minimum absolute atomic E-state index is 0.334. The molecule has 3 heteroatoms. The SMILES string of the molecule is CNC(c1cccc(OC)c1)C(C)CCOC. The van der Waals surface area contributed by atoms with Gasteiger partial charge in [0.2, 0.25) is 0 Å². The van der Waals surface area contributed by atoms with Gasteiger partial charge < -0.3 is 14.8 Å². The van der Waals surface area contributed by atoms with E-state index in [1.165, 1.54) is 5.56 Å². The van der Waals surface area contributed by atoms with Crippen molar-refractivity contribution in [1.82, 2.24) is 5.32 Å². The van der Waals surface area contributed by atoms with Gasteiger partial charge in [-0.3, -0.25) is 0 Å². The Morgan fingerprint density at radius 3 is 2.65 bits per heavy atom. The zero-order valence-corrected chi connectivity index (χ0v) is 11.2. The van der Waals surface area contributed by atoms with E-state index in [1.54, 1.807) is 14.2 Å². The summed E-state index contributed by atoms with van der Waals surface area (Å²) in [5, 5.41) is 3.37. The van der Waals surface area contributed by atoms with E-state index in [0.29, 0.717) is 12.0 Å². The summed E-state index contributed by atoms with van der Waals surface area (Å²) >= 11 is 0. The highest BCUT2D eigenvalue weighted by Crippen LogP contribution is 2.26. The van der Waals surface area contributed by atoms with Gasteiger partial charge in [-0.05, 0) is 37.1 Å². The van der Waals surface area contributed by atoms with Gasteiger partial charge in [0.1, 0.15) is 5.75 Å². The van der Waals surface area contributed by atoms with Crippen molar-refractivity contribution in [2.75, 3.05) is 27.9 Å². The summed E-state index contributed by atoms with van der Waals surface area (Å²) in [5.74, 6) is 1.42. The van der Waals surface area contributed by atoms with Crippen LogP contribution >= 0.6 is 0 Å². The molecule has 3 nitrogen and oxygen atoms in total. The van der Waals surface area contributed by atoms with Gasteiger partial charge >= 0.3 is 0 Å². The number of nitrogens with one attached hydrogen (secondary N) is 1. The van der Waals surface area contributed by atoms with E-state index in [9.17, 15) is 0 Å². The van der Waals surface area contributed by atoms with Crippen LogP contribution in [0.3, 0.4) is 0 Å². The molecule has 0 saturated carbocycles. The molecule has 0 amide bonds. The van der Waals surface area contributed by atoms with E-state index < -0.39 is 0 Å². The van der Waals surface area contributed by atoms with Crippen molar-refractivity contribution < 1.29 is 9.47 Å². The van der Waals surface area contributed by atoms with Crippen LogP contribution in [0.1, 0.15) is 24.9 Å². The average molecular weight is 237 g/mol. The Hall–Kier alpha value is -1.06. The molecular weight excluding hydrogens is 214 g/mol. The van der Waals surface area contributed by atoms with Gasteiger partial charge in [-0.1, -0.05) is 19.1 Å². The Bertz CT molecular complexity index is 328. The molecule has 1 aromatic rings. The van der Waals surface area contributed by atoms with Crippen molar-refractivity contribution >= 4 is 0 Å². The van der Waals surface area contributed by atoms with Gasteiger partial charge in [0, 0.05) is 19.8 Å². The number of methoxy groups -OCH3 is 2. The van der Waals surface area contributed by atoms with Gasteiger partial charge in [-0.15, -0.1) is 0 Å². The molecule has 1 aromatic carbocycles. The van der Waals surface area contributed by atoms with Crippen molar-refractivity contribution in [2.45, 2.75) is 19.4 Å². The molecule has 2 atom stereocenters. The Balaban J connectivity index is 2.77. The summed E-state index contributed by atoms with van der Waals surface area (Å²) in [4.78, 5) is 0. The lowest BCUT2D eigenvalue weighted by Gasteiger charge is -2.24. The van der Waals surface area contributed by atoms with Crippen LogP contribution < -0.4 is 10.1 Å². The first-order chi connectivity index (χ1) is 8.22. The van der Waals surface area contributed by atoms with E-state index in [0.717, 1.165) is 18.8 Å². The molecular formula is C14H23NO2. The topological polar surface area (TPSA) is 30.5 Å². The molecule has 0 aliphatic rings. The third-order valence-electron chi connectivity index (χ3n) is 3.11. The normalized spacial score (nSPS) is 14.4. The standard InChI is InChI=1S/C14H23NO2/c1-11(8-9-16-3)14(15-2)12-6-5-7-13(10-12)17-4/h5-7,10-11,14-15H,8-9H2,1-4H3. The molecule has 1 N–H and O–H groups in total. The fourth-order valence-electron chi connectivity index (χ4n) is 2.09. The van der Waals surface area contributed by atoms with E-state index in [2.05, 4.69) is 24.4 Å².